The molecule has 0 aromatic heterocycles. The fourth-order valence-electron chi connectivity index (χ4n) is 0.945. The van der Waals surface area contributed by atoms with Gasteiger partial charge < -0.3 is 4.79 Å². The first kappa shape index (κ1) is 9.39. The Morgan fingerprint density at radius 2 is 1.62 bits per heavy atom. The van der Waals surface area contributed by atoms with Crippen molar-refractivity contribution in [3.63, 3.8) is 0 Å². The van der Waals surface area contributed by atoms with Gasteiger partial charge in [0.15, 0.2) is 0 Å². The molecule has 1 aromatic rings. The van der Waals surface area contributed by atoms with Gasteiger partial charge in [0.25, 0.3) is 0 Å². The van der Waals surface area contributed by atoms with Gasteiger partial charge in [-0.3, -0.25) is 4.79 Å². The lowest BCUT2D eigenvalue weighted by Crippen LogP contribution is -1.78. The second kappa shape index (κ2) is 5.04. The van der Waals surface area contributed by atoms with Gasteiger partial charge in [-0.15, -0.1) is 0 Å². The van der Waals surface area contributed by atoms with E-state index in [1.807, 2.05) is 18.2 Å². The monoisotopic (exact) mass is 174 g/mol. The highest BCUT2D eigenvalue weighted by Gasteiger charge is 1.88. The van der Waals surface area contributed by atoms with Gasteiger partial charge >= 0.3 is 0 Å². The van der Waals surface area contributed by atoms with E-state index in [-0.39, 0.29) is 0 Å². The van der Waals surface area contributed by atoms with Crippen LogP contribution in [0.4, 0.5) is 0 Å². The van der Waals surface area contributed by atoms with Gasteiger partial charge in [0, 0.05) is 12.0 Å². The Bertz CT molecular complexity index is 309. The molecule has 0 heterocycles. The summed E-state index contributed by atoms with van der Waals surface area (Å²) in [5.74, 6) is 0. The summed E-state index contributed by atoms with van der Waals surface area (Å²) in [7, 11) is 0. The molecule has 0 aliphatic rings. The summed E-state index contributed by atoms with van der Waals surface area (Å²) >= 11 is 0. The molecule has 2 nitrogen and oxygen atoms in total. The summed E-state index contributed by atoms with van der Waals surface area (Å²) in [5.41, 5.74) is 1.65. The van der Waals surface area contributed by atoms with Crippen molar-refractivity contribution in [2.75, 3.05) is 0 Å². The van der Waals surface area contributed by atoms with Crippen LogP contribution in [0.2, 0.25) is 0 Å². The molecule has 0 amide bonds. The fourth-order valence-corrected chi connectivity index (χ4v) is 0.945. The van der Waals surface area contributed by atoms with Gasteiger partial charge in [-0.2, -0.15) is 0 Å². The van der Waals surface area contributed by atoms with Crippen LogP contribution >= 0.6 is 0 Å². The maximum Gasteiger partial charge on any atom is 0.150 e. The number of carbonyl (C=O) groups excluding carboxylic acids is 2. The van der Waals surface area contributed by atoms with Gasteiger partial charge in [0.05, 0.1) is 0 Å². The average Bonchev–Trinajstić information content (AvgIpc) is 2.19. The third kappa shape index (κ3) is 3.03. The van der Waals surface area contributed by atoms with Crippen LogP contribution in [0.5, 0.6) is 0 Å². The average molecular weight is 174 g/mol. The second-order valence-corrected chi connectivity index (χ2v) is 2.59. The van der Waals surface area contributed by atoms with Gasteiger partial charge in [-0.05, 0) is 5.56 Å². The van der Waals surface area contributed by atoms with Crippen molar-refractivity contribution in [2.45, 2.75) is 6.42 Å². The fraction of sp³-hybridized carbons (Fsp3) is 0.0909. The van der Waals surface area contributed by atoms with E-state index in [0.717, 1.165) is 18.1 Å². The minimum atomic E-state index is 0.426. The maximum absolute atomic E-state index is 10.3. The number of benzene rings is 1. The summed E-state index contributed by atoms with van der Waals surface area (Å²) in [4.78, 5) is 20.3. The molecule has 0 fully saturated rings. The van der Waals surface area contributed by atoms with Crippen LogP contribution < -0.4 is 0 Å². The largest absolute Gasteiger partial charge is 0.303 e. The molecule has 0 spiro atoms. The Morgan fingerprint density at radius 3 is 2.15 bits per heavy atom. The highest BCUT2D eigenvalue weighted by Crippen LogP contribution is 2.04. The SMILES string of the molecule is O=CCC=Cc1ccc(C=O)cc1. The smallest absolute Gasteiger partial charge is 0.150 e. The number of hydrogen-bond acceptors (Lipinski definition) is 2. The van der Waals surface area contributed by atoms with Gasteiger partial charge in [0.1, 0.15) is 12.6 Å². The first-order chi connectivity index (χ1) is 6.36. The van der Waals surface area contributed by atoms with Crippen molar-refractivity contribution in [1.29, 1.82) is 0 Å². The lowest BCUT2D eigenvalue weighted by atomic mass is 10.1. The van der Waals surface area contributed by atoms with Crippen LogP contribution in [0.1, 0.15) is 22.3 Å². The minimum absolute atomic E-state index is 0.426. The van der Waals surface area contributed by atoms with E-state index in [0.29, 0.717) is 12.0 Å². The van der Waals surface area contributed by atoms with Crippen molar-refractivity contribution in [3.05, 3.63) is 41.5 Å². The van der Waals surface area contributed by atoms with E-state index in [1.54, 1.807) is 18.2 Å². The standard InChI is InChI=1S/C11H10O2/c12-8-2-1-3-10-4-6-11(9-13)7-5-10/h1,3-9H,2H2. The highest BCUT2D eigenvalue weighted by atomic mass is 16.1. The molecular formula is C11H10O2. The van der Waals surface area contributed by atoms with E-state index < -0.39 is 0 Å². The van der Waals surface area contributed by atoms with Gasteiger partial charge in [0.2, 0.25) is 0 Å². The van der Waals surface area contributed by atoms with Crippen molar-refractivity contribution in [2.24, 2.45) is 0 Å². The molecule has 0 saturated carbocycles. The van der Waals surface area contributed by atoms with Crippen LogP contribution in [-0.2, 0) is 4.79 Å². The van der Waals surface area contributed by atoms with Gasteiger partial charge in [-0.1, -0.05) is 36.4 Å². The Morgan fingerprint density at radius 1 is 1.00 bits per heavy atom. The molecule has 0 unspecified atom stereocenters. The molecule has 0 aliphatic heterocycles. The predicted molar refractivity (Wildman–Crippen MR) is 51.5 cm³/mol. The topological polar surface area (TPSA) is 34.1 Å². The normalized spacial score (nSPS) is 10.2. The minimum Gasteiger partial charge on any atom is -0.303 e. The molecular weight excluding hydrogens is 164 g/mol. The number of hydrogen-bond donors (Lipinski definition) is 0. The molecule has 0 bridgehead atoms. The van der Waals surface area contributed by atoms with Crippen LogP contribution in [0.15, 0.2) is 30.3 Å². The van der Waals surface area contributed by atoms with Crippen LogP contribution in [0.3, 0.4) is 0 Å². The molecule has 0 saturated heterocycles. The molecule has 1 rings (SSSR count). The summed E-state index contributed by atoms with van der Waals surface area (Å²) in [6, 6.07) is 7.16. The second-order valence-electron chi connectivity index (χ2n) is 2.59. The summed E-state index contributed by atoms with van der Waals surface area (Å²) in [5, 5.41) is 0. The van der Waals surface area contributed by atoms with Crippen molar-refractivity contribution in [3.8, 4) is 0 Å². The lowest BCUT2D eigenvalue weighted by molar-refractivity contribution is -0.107. The van der Waals surface area contributed by atoms with Crippen molar-refractivity contribution in [1.82, 2.24) is 0 Å². The summed E-state index contributed by atoms with van der Waals surface area (Å²) < 4.78 is 0. The molecule has 13 heavy (non-hydrogen) atoms. The maximum atomic E-state index is 10.3. The molecule has 0 aliphatic carbocycles. The first-order valence-corrected chi connectivity index (χ1v) is 4.02. The number of allylic oxidation sites excluding steroid dienone is 1. The Balaban J connectivity index is 2.68. The number of carbonyl (C=O) groups is 2. The molecule has 0 N–H and O–H groups in total. The lowest BCUT2D eigenvalue weighted by Gasteiger charge is -1.92. The number of aldehydes is 2. The molecule has 2 heteroatoms. The molecule has 0 atom stereocenters. The Labute approximate surface area is 76.9 Å². The van der Waals surface area contributed by atoms with Crippen LogP contribution in [0.25, 0.3) is 6.08 Å². The van der Waals surface area contributed by atoms with E-state index in [4.69, 9.17) is 0 Å². The summed E-state index contributed by atoms with van der Waals surface area (Å²) in [6.07, 6.45) is 5.70. The van der Waals surface area contributed by atoms with Gasteiger partial charge in [-0.25, -0.2) is 0 Å². The summed E-state index contributed by atoms with van der Waals surface area (Å²) in [6.45, 7) is 0. The van der Waals surface area contributed by atoms with E-state index in [9.17, 15) is 9.59 Å². The van der Waals surface area contributed by atoms with Crippen LogP contribution in [-0.4, -0.2) is 12.6 Å². The predicted octanol–water partition coefficient (Wildman–Crippen LogP) is 2.10. The Hall–Kier alpha value is -1.70. The van der Waals surface area contributed by atoms with Crippen molar-refractivity contribution < 1.29 is 9.59 Å². The molecule has 66 valence electrons. The number of rotatable bonds is 4. The third-order valence-electron chi connectivity index (χ3n) is 1.62. The van der Waals surface area contributed by atoms with E-state index >= 15 is 0 Å². The van der Waals surface area contributed by atoms with E-state index in [2.05, 4.69) is 0 Å². The van der Waals surface area contributed by atoms with Crippen molar-refractivity contribution >= 4 is 18.6 Å². The Kier molecular flexibility index (Phi) is 3.64. The highest BCUT2D eigenvalue weighted by molar-refractivity contribution is 5.75. The zero-order valence-corrected chi connectivity index (χ0v) is 7.14. The zero-order valence-electron chi connectivity index (χ0n) is 7.14. The first-order valence-electron chi connectivity index (χ1n) is 4.02. The van der Waals surface area contributed by atoms with E-state index in [1.165, 1.54) is 0 Å². The molecule has 0 radical (unpaired) electrons. The third-order valence-corrected chi connectivity index (χ3v) is 1.62. The zero-order chi connectivity index (χ0) is 9.52. The molecule has 1 aromatic carbocycles. The quantitative estimate of drug-likeness (QED) is 0.655. The van der Waals surface area contributed by atoms with Crippen LogP contribution in [0, 0.1) is 0 Å².